The van der Waals surface area contributed by atoms with Gasteiger partial charge in [0.1, 0.15) is 12.2 Å². The van der Waals surface area contributed by atoms with Gasteiger partial charge in [-0.3, -0.25) is 0 Å². The van der Waals surface area contributed by atoms with Crippen LogP contribution in [-0.4, -0.2) is 104 Å². The van der Waals surface area contributed by atoms with Gasteiger partial charge in [0.2, 0.25) is 0 Å². The van der Waals surface area contributed by atoms with Crippen molar-refractivity contribution in [1.82, 2.24) is 5.32 Å². The van der Waals surface area contributed by atoms with Crippen LogP contribution in [-0.2, 0) is 9.59 Å². The van der Waals surface area contributed by atoms with E-state index in [2.05, 4.69) is 5.32 Å². The number of carbonyl (C=O) groups is 2. The largest absolute Gasteiger partial charge is 0.479 e. The molecule has 0 aliphatic heterocycles. The van der Waals surface area contributed by atoms with Gasteiger partial charge in [-0.1, -0.05) is 0 Å². The second-order valence-electron chi connectivity index (χ2n) is 3.74. The number of carboxylic acid groups (broad SMARTS) is 2. The molecule has 0 aromatic rings. The maximum atomic E-state index is 10.1. The van der Waals surface area contributed by atoms with Crippen LogP contribution in [0.15, 0.2) is 0 Å². The lowest BCUT2D eigenvalue weighted by atomic mass is 10.0. The molecule has 21 heavy (non-hydrogen) atoms. The molecule has 0 radical (unpaired) electrons. The van der Waals surface area contributed by atoms with Gasteiger partial charge >= 0.3 is 11.9 Å². The highest BCUT2D eigenvalue weighted by atomic mass is 16.4. The van der Waals surface area contributed by atoms with Gasteiger partial charge in [-0.15, -0.1) is 0 Å². The van der Waals surface area contributed by atoms with E-state index in [1.165, 1.54) is 0 Å². The van der Waals surface area contributed by atoms with Crippen LogP contribution in [0.4, 0.5) is 0 Å². The molecule has 0 heterocycles. The van der Waals surface area contributed by atoms with Crippen molar-refractivity contribution >= 4 is 11.9 Å². The predicted molar refractivity (Wildman–Crippen MR) is 66.3 cm³/mol. The Morgan fingerprint density at radius 1 is 0.762 bits per heavy atom. The van der Waals surface area contributed by atoms with Crippen LogP contribution >= 0.6 is 0 Å². The molecule has 0 saturated carbocycles. The third-order valence-electron chi connectivity index (χ3n) is 2.08. The van der Waals surface area contributed by atoms with Crippen molar-refractivity contribution in [3.05, 3.63) is 0 Å². The lowest BCUT2D eigenvalue weighted by Crippen LogP contribution is -2.49. The van der Waals surface area contributed by atoms with E-state index in [1.54, 1.807) is 0 Å². The van der Waals surface area contributed by atoms with Crippen LogP contribution in [0.3, 0.4) is 0 Å². The molecule has 0 aromatic heterocycles. The molecule has 9 N–H and O–H groups in total. The smallest absolute Gasteiger partial charge is 0.335 e. The molecule has 4 atom stereocenters. The number of nitrogens with one attached hydrogen (secondary N) is 1. The molecule has 0 amide bonds. The number of rotatable bonds is 9. The molecule has 126 valence electrons. The van der Waals surface area contributed by atoms with Crippen LogP contribution in [0.1, 0.15) is 0 Å². The van der Waals surface area contributed by atoms with Gasteiger partial charge in [0, 0.05) is 13.1 Å². The molecule has 0 spiro atoms. The number of hydrogen-bond donors (Lipinski definition) is 9. The van der Waals surface area contributed by atoms with Gasteiger partial charge in [0.05, 0.1) is 13.2 Å². The Balaban J connectivity index is 0. The zero-order valence-corrected chi connectivity index (χ0v) is 11.0. The van der Waals surface area contributed by atoms with Crippen LogP contribution < -0.4 is 5.32 Å². The van der Waals surface area contributed by atoms with Gasteiger partial charge < -0.3 is 46.2 Å². The molecular formula is C10H21NO10. The first-order valence-electron chi connectivity index (χ1n) is 5.81. The van der Waals surface area contributed by atoms with Gasteiger partial charge in [-0.05, 0) is 0 Å². The van der Waals surface area contributed by atoms with E-state index in [1.807, 2.05) is 0 Å². The summed E-state index contributed by atoms with van der Waals surface area (Å²) in [6.07, 6.45) is -9.28. The van der Waals surface area contributed by atoms with Crippen molar-refractivity contribution in [2.75, 3.05) is 26.3 Å². The van der Waals surface area contributed by atoms with E-state index in [0.29, 0.717) is 13.1 Å². The summed E-state index contributed by atoms with van der Waals surface area (Å²) in [5.41, 5.74) is 0. The lowest BCUT2D eigenvalue weighted by molar-refractivity contribution is -0.172. The summed E-state index contributed by atoms with van der Waals surface area (Å²) in [6, 6.07) is 0. The molecule has 0 rings (SSSR count). The van der Waals surface area contributed by atoms with Crippen LogP contribution in [0, 0.1) is 0 Å². The highest BCUT2D eigenvalue weighted by Gasteiger charge is 2.37. The maximum absolute atomic E-state index is 10.1. The molecule has 0 unspecified atom stereocenters. The Kier molecular flexibility index (Phi) is 13.0. The van der Waals surface area contributed by atoms with Crippen molar-refractivity contribution in [3.63, 3.8) is 0 Å². The van der Waals surface area contributed by atoms with E-state index in [-0.39, 0.29) is 13.2 Å². The quantitative estimate of drug-likeness (QED) is 0.184. The maximum Gasteiger partial charge on any atom is 0.335 e. The van der Waals surface area contributed by atoms with Gasteiger partial charge in [-0.2, -0.15) is 0 Å². The number of aliphatic carboxylic acids is 2. The molecule has 0 bridgehead atoms. The summed E-state index contributed by atoms with van der Waals surface area (Å²) in [6.45, 7) is 1.42. The fourth-order valence-corrected chi connectivity index (χ4v) is 0.949. The SMILES string of the molecule is O=C(O)[C@@H](O)[C@H](O)[C@H](O)[C@@H](O)C(=O)O.OCCNCCO. The fraction of sp³-hybridized carbons (Fsp3) is 0.800. The summed E-state index contributed by atoms with van der Waals surface area (Å²) in [4.78, 5) is 20.2. The fourth-order valence-electron chi connectivity index (χ4n) is 0.949. The second kappa shape index (κ2) is 12.4. The molecule has 0 fully saturated rings. The van der Waals surface area contributed by atoms with Gasteiger partial charge in [0.15, 0.2) is 12.2 Å². The highest BCUT2D eigenvalue weighted by molar-refractivity contribution is 5.75. The molecule has 0 aliphatic carbocycles. The van der Waals surface area contributed by atoms with E-state index >= 15 is 0 Å². The highest BCUT2D eigenvalue weighted by Crippen LogP contribution is 2.05. The standard InChI is InChI=1S/C6H10O8.C4H11NO2/c7-1(3(9)5(11)12)2(8)4(10)6(13)14;6-3-1-5-2-4-7/h1-4,7-10H,(H,11,12)(H,13,14);5-7H,1-4H2/t1-,2+,3+,4-;. The first-order valence-corrected chi connectivity index (χ1v) is 5.81. The Morgan fingerprint density at radius 3 is 1.24 bits per heavy atom. The summed E-state index contributed by atoms with van der Waals surface area (Å²) in [7, 11) is 0. The van der Waals surface area contributed by atoms with Crippen LogP contribution in [0.25, 0.3) is 0 Å². The molecule has 11 nitrogen and oxygen atoms in total. The number of aliphatic hydroxyl groups is 6. The Hall–Kier alpha value is -1.34. The van der Waals surface area contributed by atoms with Crippen molar-refractivity contribution in [3.8, 4) is 0 Å². The molecule has 0 saturated heterocycles. The summed E-state index contributed by atoms with van der Waals surface area (Å²) in [5, 5.41) is 70.5. The first kappa shape index (κ1) is 21.9. The summed E-state index contributed by atoms with van der Waals surface area (Å²) < 4.78 is 0. The zero-order valence-electron chi connectivity index (χ0n) is 11.0. The number of carboxylic acids is 2. The first-order chi connectivity index (χ1) is 9.70. The minimum atomic E-state index is -2.36. The average molecular weight is 315 g/mol. The molecule has 0 aliphatic rings. The van der Waals surface area contributed by atoms with Crippen LogP contribution in [0.2, 0.25) is 0 Å². The third-order valence-corrected chi connectivity index (χ3v) is 2.08. The summed E-state index contributed by atoms with van der Waals surface area (Å²) >= 11 is 0. The Morgan fingerprint density at radius 2 is 1.05 bits per heavy atom. The van der Waals surface area contributed by atoms with Crippen molar-refractivity contribution in [2.45, 2.75) is 24.4 Å². The van der Waals surface area contributed by atoms with E-state index in [9.17, 15) is 9.59 Å². The second-order valence-corrected chi connectivity index (χ2v) is 3.74. The lowest BCUT2D eigenvalue weighted by Gasteiger charge is -2.21. The van der Waals surface area contributed by atoms with E-state index in [0.717, 1.165) is 0 Å². The normalized spacial score (nSPS) is 16.1. The van der Waals surface area contributed by atoms with Crippen molar-refractivity contribution in [2.24, 2.45) is 0 Å². The predicted octanol–water partition coefficient (Wildman–Crippen LogP) is -4.84. The van der Waals surface area contributed by atoms with Crippen molar-refractivity contribution in [1.29, 1.82) is 0 Å². The Bertz CT molecular complexity index is 272. The molecular weight excluding hydrogens is 294 g/mol. The Labute approximate surface area is 119 Å². The minimum absolute atomic E-state index is 0.139. The summed E-state index contributed by atoms with van der Waals surface area (Å²) in [5.74, 6) is -3.68. The molecule has 11 heteroatoms. The van der Waals surface area contributed by atoms with E-state index < -0.39 is 36.4 Å². The zero-order chi connectivity index (χ0) is 17.0. The van der Waals surface area contributed by atoms with E-state index in [4.69, 9.17) is 40.9 Å². The minimum Gasteiger partial charge on any atom is -0.479 e. The third kappa shape index (κ3) is 10.1. The van der Waals surface area contributed by atoms with Crippen LogP contribution in [0.5, 0.6) is 0 Å². The molecule has 0 aromatic carbocycles. The topological polar surface area (TPSA) is 208 Å². The number of aliphatic hydroxyl groups excluding tert-OH is 6. The van der Waals surface area contributed by atoms with Gasteiger partial charge in [0.25, 0.3) is 0 Å². The van der Waals surface area contributed by atoms with Gasteiger partial charge in [-0.25, -0.2) is 9.59 Å². The number of hydrogen-bond acceptors (Lipinski definition) is 9. The monoisotopic (exact) mass is 315 g/mol. The van der Waals surface area contributed by atoms with Crippen molar-refractivity contribution < 1.29 is 50.4 Å². The average Bonchev–Trinajstić information content (AvgIpc) is 2.45.